The highest BCUT2D eigenvalue weighted by Gasteiger charge is 2.08. The van der Waals surface area contributed by atoms with Gasteiger partial charge in [-0.25, -0.2) is 0 Å². The second-order valence-corrected chi connectivity index (χ2v) is 3.27. The normalized spacial score (nSPS) is 9.73. The van der Waals surface area contributed by atoms with Gasteiger partial charge in [0.25, 0.3) is 0 Å². The van der Waals surface area contributed by atoms with Gasteiger partial charge < -0.3 is 21.0 Å². The van der Waals surface area contributed by atoms with E-state index >= 15 is 0 Å². The maximum Gasteiger partial charge on any atom is 0.221 e. The maximum absolute atomic E-state index is 10.8. The zero-order valence-corrected chi connectivity index (χ0v) is 8.59. The van der Waals surface area contributed by atoms with Crippen molar-refractivity contribution < 1.29 is 14.7 Å². The smallest absolute Gasteiger partial charge is 0.221 e. The minimum atomic E-state index is -1.38. The average molecular weight is 228 g/mol. The summed E-state index contributed by atoms with van der Waals surface area (Å²) < 4.78 is 0. The molecule has 6 heteroatoms. The molecule has 1 amide bonds. The van der Waals surface area contributed by atoms with Crippen LogP contribution < -0.4 is 16.2 Å². The van der Waals surface area contributed by atoms with Crippen molar-refractivity contribution in [3.8, 4) is 0 Å². The molecule has 3 N–H and O–H groups in total. The summed E-state index contributed by atoms with van der Waals surface area (Å²) in [5.41, 5.74) is 5.55. The molecule has 15 heavy (non-hydrogen) atoms. The van der Waals surface area contributed by atoms with Crippen molar-refractivity contribution in [3.63, 3.8) is 0 Å². The van der Waals surface area contributed by atoms with Gasteiger partial charge in [0.15, 0.2) is 0 Å². The number of halogens is 1. The molecular weight excluding hydrogens is 220 g/mol. The minimum Gasteiger partial charge on any atom is -0.545 e. The van der Waals surface area contributed by atoms with Gasteiger partial charge in [0.05, 0.1) is 22.4 Å². The largest absolute Gasteiger partial charge is 0.545 e. The summed E-state index contributed by atoms with van der Waals surface area (Å²) in [6.07, 6.45) is 0. The third kappa shape index (κ3) is 2.60. The number of hydrogen-bond acceptors (Lipinski definition) is 4. The second-order valence-electron chi connectivity index (χ2n) is 2.90. The molecule has 0 radical (unpaired) electrons. The fourth-order valence-electron chi connectivity index (χ4n) is 1.05. The third-order valence-electron chi connectivity index (χ3n) is 1.65. The van der Waals surface area contributed by atoms with Crippen LogP contribution in [0.4, 0.5) is 11.4 Å². The molecule has 0 saturated carbocycles. The fourth-order valence-corrected chi connectivity index (χ4v) is 1.20. The van der Waals surface area contributed by atoms with Gasteiger partial charge in [0, 0.05) is 12.5 Å². The molecule has 0 aliphatic heterocycles. The lowest BCUT2D eigenvalue weighted by atomic mass is 10.1. The molecule has 0 saturated heterocycles. The first-order chi connectivity index (χ1) is 6.91. The Morgan fingerprint density at radius 2 is 2.07 bits per heavy atom. The van der Waals surface area contributed by atoms with Crippen LogP contribution in [0.3, 0.4) is 0 Å². The second kappa shape index (κ2) is 4.18. The first-order valence-corrected chi connectivity index (χ1v) is 4.37. The summed E-state index contributed by atoms with van der Waals surface area (Å²) in [5, 5.41) is 13.1. The van der Waals surface area contributed by atoms with Crippen LogP contribution in [0, 0.1) is 0 Å². The number of carboxylic acids is 1. The number of benzene rings is 1. The molecule has 0 aromatic heterocycles. The van der Waals surface area contributed by atoms with Crippen LogP contribution in [-0.2, 0) is 4.79 Å². The van der Waals surface area contributed by atoms with Crippen LogP contribution in [0.1, 0.15) is 17.3 Å². The van der Waals surface area contributed by atoms with Crippen LogP contribution in [0.15, 0.2) is 12.1 Å². The number of nitrogens with one attached hydrogen (secondary N) is 1. The minimum absolute atomic E-state index is 0.0714. The number of carboxylic acid groups (broad SMARTS) is 1. The van der Waals surface area contributed by atoms with Gasteiger partial charge in [-0.1, -0.05) is 11.6 Å². The molecule has 1 aromatic carbocycles. The molecule has 0 atom stereocenters. The molecule has 80 valence electrons. The SMILES string of the molecule is CC(=O)Nc1cc(C(=O)[O-])cc(N)c1Cl. The Kier molecular flexibility index (Phi) is 3.16. The molecule has 1 rings (SSSR count). The summed E-state index contributed by atoms with van der Waals surface area (Å²) >= 11 is 5.76. The van der Waals surface area contributed by atoms with Crippen molar-refractivity contribution in [1.82, 2.24) is 0 Å². The number of carbonyl (C=O) groups is 2. The molecule has 0 fully saturated rings. The van der Waals surface area contributed by atoms with Crippen molar-refractivity contribution in [2.75, 3.05) is 11.1 Å². The van der Waals surface area contributed by atoms with Crippen molar-refractivity contribution in [1.29, 1.82) is 0 Å². The van der Waals surface area contributed by atoms with E-state index in [1.54, 1.807) is 0 Å². The van der Waals surface area contributed by atoms with Gasteiger partial charge in [-0.2, -0.15) is 0 Å². The van der Waals surface area contributed by atoms with Gasteiger partial charge in [-0.15, -0.1) is 0 Å². The lowest BCUT2D eigenvalue weighted by molar-refractivity contribution is -0.255. The lowest BCUT2D eigenvalue weighted by Crippen LogP contribution is -2.22. The molecule has 0 heterocycles. The van der Waals surface area contributed by atoms with Gasteiger partial charge in [-0.05, 0) is 12.1 Å². The van der Waals surface area contributed by atoms with E-state index in [0.29, 0.717) is 0 Å². The Labute approximate surface area is 90.8 Å². The average Bonchev–Trinajstić information content (AvgIpc) is 2.11. The van der Waals surface area contributed by atoms with Gasteiger partial charge >= 0.3 is 0 Å². The summed E-state index contributed by atoms with van der Waals surface area (Å²) in [5.74, 6) is -1.75. The first kappa shape index (κ1) is 11.3. The van der Waals surface area contributed by atoms with Gasteiger partial charge in [-0.3, -0.25) is 4.79 Å². The predicted molar refractivity (Wildman–Crippen MR) is 54.5 cm³/mol. The van der Waals surface area contributed by atoms with Crippen molar-refractivity contribution >= 4 is 34.9 Å². The molecule has 5 nitrogen and oxygen atoms in total. The van der Waals surface area contributed by atoms with Crippen LogP contribution >= 0.6 is 11.6 Å². The number of amides is 1. The van der Waals surface area contributed by atoms with Crippen LogP contribution in [0.25, 0.3) is 0 Å². The maximum atomic E-state index is 10.8. The molecular formula is C9H8ClN2O3-. The molecule has 0 bridgehead atoms. The zero-order chi connectivity index (χ0) is 11.6. The standard InChI is InChI=1S/C9H9ClN2O3/c1-4(13)12-7-3-5(9(14)15)2-6(11)8(7)10/h2-3H,11H2,1H3,(H,12,13)(H,14,15)/p-1. The Morgan fingerprint density at radius 1 is 1.47 bits per heavy atom. The van der Waals surface area contributed by atoms with E-state index < -0.39 is 5.97 Å². The van der Waals surface area contributed by atoms with E-state index in [2.05, 4.69) is 5.32 Å². The highest BCUT2D eigenvalue weighted by atomic mass is 35.5. The highest BCUT2D eigenvalue weighted by molar-refractivity contribution is 6.36. The molecule has 0 aliphatic rings. The van der Waals surface area contributed by atoms with Crippen LogP contribution in [-0.4, -0.2) is 11.9 Å². The number of anilines is 2. The summed E-state index contributed by atoms with van der Waals surface area (Å²) in [6.45, 7) is 1.28. The number of nitrogens with two attached hydrogens (primary N) is 1. The highest BCUT2D eigenvalue weighted by Crippen LogP contribution is 2.29. The van der Waals surface area contributed by atoms with E-state index in [0.717, 1.165) is 0 Å². The Hall–Kier alpha value is -1.75. The van der Waals surface area contributed by atoms with Crippen molar-refractivity contribution in [3.05, 3.63) is 22.7 Å². The van der Waals surface area contributed by atoms with E-state index in [1.165, 1.54) is 19.1 Å². The van der Waals surface area contributed by atoms with Crippen LogP contribution in [0.2, 0.25) is 5.02 Å². The molecule has 0 spiro atoms. The summed E-state index contributed by atoms with van der Waals surface area (Å²) in [4.78, 5) is 21.4. The van der Waals surface area contributed by atoms with Gasteiger partial charge in [0.2, 0.25) is 5.91 Å². The van der Waals surface area contributed by atoms with E-state index in [-0.39, 0.29) is 27.9 Å². The summed E-state index contributed by atoms with van der Waals surface area (Å²) in [7, 11) is 0. The van der Waals surface area contributed by atoms with Crippen molar-refractivity contribution in [2.24, 2.45) is 0 Å². The molecule has 0 aliphatic carbocycles. The van der Waals surface area contributed by atoms with Crippen molar-refractivity contribution in [2.45, 2.75) is 6.92 Å². The number of carbonyl (C=O) groups excluding carboxylic acids is 2. The van der Waals surface area contributed by atoms with Crippen LogP contribution in [0.5, 0.6) is 0 Å². The number of aromatic carboxylic acids is 1. The first-order valence-electron chi connectivity index (χ1n) is 3.99. The Balaban J connectivity index is 3.24. The topological polar surface area (TPSA) is 95.2 Å². The fraction of sp³-hybridized carbons (Fsp3) is 0.111. The number of hydrogen-bond donors (Lipinski definition) is 2. The van der Waals surface area contributed by atoms with E-state index in [9.17, 15) is 14.7 Å². The monoisotopic (exact) mass is 227 g/mol. The predicted octanol–water partition coefficient (Wildman–Crippen LogP) is 0.244. The quantitative estimate of drug-likeness (QED) is 0.708. The molecule has 1 aromatic rings. The third-order valence-corrected chi connectivity index (χ3v) is 2.07. The zero-order valence-electron chi connectivity index (χ0n) is 7.83. The number of nitrogen functional groups attached to an aromatic ring is 1. The van der Waals surface area contributed by atoms with E-state index in [4.69, 9.17) is 17.3 Å². The number of rotatable bonds is 2. The lowest BCUT2D eigenvalue weighted by Gasteiger charge is -2.11. The van der Waals surface area contributed by atoms with E-state index in [1.807, 2.05) is 0 Å². The Bertz CT molecular complexity index is 432. The summed E-state index contributed by atoms with van der Waals surface area (Å²) in [6, 6.07) is 2.36. The molecule has 0 unspecified atom stereocenters. The van der Waals surface area contributed by atoms with Gasteiger partial charge in [0.1, 0.15) is 0 Å². The Morgan fingerprint density at radius 3 is 2.53 bits per heavy atom.